The van der Waals surface area contributed by atoms with Gasteiger partial charge in [-0.05, 0) is 6.42 Å². The molecule has 4 nitrogen and oxygen atoms in total. The van der Waals surface area contributed by atoms with E-state index in [0.29, 0.717) is 6.61 Å². The Bertz CT molecular complexity index is 139. The summed E-state index contributed by atoms with van der Waals surface area (Å²) < 4.78 is 4.85. The lowest BCUT2D eigenvalue weighted by Crippen LogP contribution is -2.15. The lowest BCUT2D eigenvalue weighted by atomic mass is 10.1. The van der Waals surface area contributed by atoms with Gasteiger partial charge in [0.05, 0.1) is 6.61 Å². The summed E-state index contributed by atoms with van der Waals surface area (Å²) >= 11 is 0. The van der Waals surface area contributed by atoms with Gasteiger partial charge >= 0.3 is 5.97 Å². The summed E-state index contributed by atoms with van der Waals surface area (Å²) in [5, 5.41) is 0. The third-order valence-corrected chi connectivity index (χ3v) is 1.96. The lowest BCUT2D eigenvalue weighted by Gasteiger charge is -2.03. The fourth-order valence-corrected chi connectivity index (χ4v) is 1.18. The van der Waals surface area contributed by atoms with Crippen LogP contribution in [0.4, 0.5) is 0 Å². The molecule has 0 spiro atoms. The first-order valence-electron chi connectivity index (χ1n) is 5.28. The van der Waals surface area contributed by atoms with E-state index in [1.165, 1.54) is 25.7 Å². The summed E-state index contributed by atoms with van der Waals surface area (Å²) in [5.74, 6) is 4.33. The number of ether oxygens (including phenoxy) is 1. The molecule has 0 saturated heterocycles. The van der Waals surface area contributed by atoms with Crippen molar-refractivity contribution in [2.75, 3.05) is 13.2 Å². The Morgan fingerprint density at radius 1 is 1.14 bits per heavy atom. The molecule has 0 rings (SSSR count). The van der Waals surface area contributed by atoms with Crippen LogP contribution in [0.1, 0.15) is 45.4 Å². The van der Waals surface area contributed by atoms with Crippen LogP contribution >= 0.6 is 0 Å². The molecule has 0 aliphatic carbocycles. The minimum atomic E-state index is -0.388. The minimum Gasteiger partial charge on any atom is -0.464 e. The molecule has 0 bridgehead atoms. The van der Waals surface area contributed by atoms with Crippen LogP contribution < -0.4 is 5.90 Å². The van der Waals surface area contributed by atoms with E-state index in [1.54, 1.807) is 0 Å². The van der Waals surface area contributed by atoms with Gasteiger partial charge in [0.25, 0.3) is 0 Å². The number of carbonyl (C=O) groups excluding carboxylic acids is 1. The normalized spacial score (nSPS) is 10.1. The summed E-state index contributed by atoms with van der Waals surface area (Å²) in [5.41, 5.74) is 0. The zero-order chi connectivity index (χ0) is 10.6. The second kappa shape index (κ2) is 10.5. The largest absolute Gasteiger partial charge is 0.464 e. The maximum Gasteiger partial charge on any atom is 0.334 e. The van der Waals surface area contributed by atoms with E-state index in [2.05, 4.69) is 11.8 Å². The number of esters is 1. The second-order valence-electron chi connectivity index (χ2n) is 3.30. The van der Waals surface area contributed by atoms with Crippen molar-refractivity contribution in [3.8, 4) is 0 Å². The Balaban J connectivity index is 3.01. The first-order valence-corrected chi connectivity index (χ1v) is 5.28. The maximum atomic E-state index is 10.8. The molecule has 0 radical (unpaired) electrons. The van der Waals surface area contributed by atoms with Crippen molar-refractivity contribution in [2.24, 2.45) is 5.90 Å². The van der Waals surface area contributed by atoms with Gasteiger partial charge in [0.2, 0.25) is 0 Å². The molecule has 0 unspecified atom stereocenters. The highest BCUT2D eigenvalue weighted by molar-refractivity contribution is 5.70. The van der Waals surface area contributed by atoms with Crippen LogP contribution in [-0.2, 0) is 14.4 Å². The van der Waals surface area contributed by atoms with Gasteiger partial charge in [0, 0.05) is 0 Å². The van der Waals surface area contributed by atoms with Crippen molar-refractivity contribution >= 4 is 5.97 Å². The van der Waals surface area contributed by atoms with Crippen molar-refractivity contribution in [3.05, 3.63) is 0 Å². The Hall–Kier alpha value is -0.610. The maximum absolute atomic E-state index is 10.8. The molecule has 0 aliphatic rings. The Kier molecular flexibility index (Phi) is 10.0. The molecule has 0 aromatic rings. The Labute approximate surface area is 85.7 Å². The number of carbonyl (C=O) groups is 1. The molecule has 0 aromatic carbocycles. The predicted molar refractivity (Wildman–Crippen MR) is 54.5 cm³/mol. The highest BCUT2D eigenvalue weighted by Crippen LogP contribution is 2.04. The van der Waals surface area contributed by atoms with E-state index in [0.717, 1.165) is 12.8 Å². The van der Waals surface area contributed by atoms with Crippen LogP contribution in [0.2, 0.25) is 0 Å². The first-order chi connectivity index (χ1) is 6.81. The van der Waals surface area contributed by atoms with Crippen LogP contribution in [-0.4, -0.2) is 19.2 Å². The van der Waals surface area contributed by atoms with E-state index < -0.39 is 0 Å². The van der Waals surface area contributed by atoms with Crippen molar-refractivity contribution in [2.45, 2.75) is 45.4 Å². The summed E-state index contributed by atoms with van der Waals surface area (Å²) in [6, 6.07) is 0. The van der Waals surface area contributed by atoms with Crippen LogP contribution in [0.15, 0.2) is 0 Å². The Morgan fingerprint density at radius 3 is 2.43 bits per heavy atom. The predicted octanol–water partition coefficient (Wildman–Crippen LogP) is 1.78. The van der Waals surface area contributed by atoms with Gasteiger partial charge in [-0.25, -0.2) is 10.7 Å². The van der Waals surface area contributed by atoms with Crippen molar-refractivity contribution < 1.29 is 14.4 Å². The molecule has 4 heteroatoms. The van der Waals surface area contributed by atoms with Gasteiger partial charge in [-0.3, -0.25) is 4.84 Å². The quantitative estimate of drug-likeness (QED) is 0.352. The van der Waals surface area contributed by atoms with Gasteiger partial charge in [-0.1, -0.05) is 39.0 Å². The molecular formula is C10H21NO3. The topological polar surface area (TPSA) is 61.5 Å². The molecule has 84 valence electrons. The standard InChI is InChI=1S/C10H21NO3/c1-2-3-4-5-6-7-8-13-10(12)9-14-11/h2-9,11H2,1H3. The van der Waals surface area contributed by atoms with E-state index in [4.69, 9.17) is 10.6 Å². The molecule has 0 aromatic heterocycles. The number of nitrogens with two attached hydrogens (primary N) is 1. The second-order valence-corrected chi connectivity index (χ2v) is 3.30. The van der Waals surface area contributed by atoms with Gasteiger partial charge < -0.3 is 4.74 Å². The fourth-order valence-electron chi connectivity index (χ4n) is 1.18. The molecule has 0 amide bonds. The number of unbranched alkanes of at least 4 members (excludes halogenated alkanes) is 5. The molecule has 0 atom stereocenters. The first kappa shape index (κ1) is 13.4. The molecule has 14 heavy (non-hydrogen) atoms. The van der Waals surface area contributed by atoms with Crippen LogP contribution in [0.3, 0.4) is 0 Å². The van der Waals surface area contributed by atoms with E-state index in [-0.39, 0.29) is 12.6 Å². The van der Waals surface area contributed by atoms with Gasteiger partial charge in [-0.15, -0.1) is 0 Å². The number of hydrogen-bond donors (Lipinski definition) is 1. The summed E-state index contributed by atoms with van der Waals surface area (Å²) in [4.78, 5) is 14.9. The molecule has 0 heterocycles. The highest BCUT2D eigenvalue weighted by atomic mass is 16.6. The van der Waals surface area contributed by atoms with Crippen molar-refractivity contribution in [3.63, 3.8) is 0 Å². The average Bonchev–Trinajstić information content (AvgIpc) is 2.17. The van der Waals surface area contributed by atoms with E-state index >= 15 is 0 Å². The SMILES string of the molecule is CCCCCCCCOC(=O)CON. The van der Waals surface area contributed by atoms with Crippen LogP contribution in [0.5, 0.6) is 0 Å². The summed E-state index contributed by atoms with van der Waals surface area (Å²) in [7, 11) is 0. The van der Waals surface area contributed by atoms with Crippen molar-refractivity contribution in [1.29, 1.82) is 0 Å². The van der Waals surface area contributed by atoms with Crippen molar-refractivity contribution in [1.82, 2.24) is 0 Å². The third kappa shape index (κ3) is 9.48. The fraction of sp³-hybridized carbons (Fsp3) is 0.900. The van der Waals surface area contributed by atoms with E-state index in [1.807, 2.05) is 0 Å². The summed E-state index contributed by atoms with van der Waals surface area (Å²) in [6.45, 7) is 2.51. The molecule has 0 aliphatic heterocycles. The smallest absolute Gasteiger partial charge is 0.334 e. The Morgan fingerprint density at radius 2 is 1.79 bits per heavy atom. The highest BCUT2D eigenvalue weighted by Gasteiger charge is 2.00. The van der Waals surface area contributed by atoms with Gasteiger partial charge in [0.1, 0.15) is 0 Å². The monoisotopic (exact) mass is 203 g/mol. The van der Waals surface area contributed by atoms with Crippen LogP contribution in [0, 0.1) is 0 Å². The zero-order valence-electron chi connectivity index (χ0n) is 8.96. The third-order valence-electron chi connectivity index (χ3n) is 1.96. The molecule has 0 fully saturated rings. The van der Waals surface area contributed by atoms with Gasteiger partial charge in [0.15, 0.2) is 6.61 Å². The lowest BCUT2D eigenvalue weighted by molar-refractivity contribution is -0.149. The minimum absolute atomic E-state index is 0.157. The van der Waals surface area contributed by atoms with Gasteiger partial charge in [-0.2, -0.15) is 0 Å². The average molecular weight is 203 g/mol. The van der Waals surface area contributed by atoms with Crippen LogP contribution in [0.25, 0.3) is 0 Å². The zero-order valence-corrected chi connectivity index (χ0v) is 8.96. The molecule has 2 N–H and O–H groups in total. The number of hydrogen-bond acceptors (Lipinski definition) is 4. The number of rotatable bonds is 9. The molecule has 0 saturated carbocycles. The molecular weight excluding hydrogens is 182 g/mol. The summed E-state index contributed by atoms with van der Waals surface area (Å²) in [6.07, 6.45) is 7.09. The van der Waals surface area contributed by atoms with E-state index in [9.17, 15) is 4.79 Å².